The van der Waals surface area contributed by atoms with Crippen molar-refractivity contribution in [3.8, 4) is 5.75 Å². The first kappa shape index (κ1) is 16.7. The van der Waals surface area contributed by atoms with Crippen molar-refractivity contribution >= 4 is 22.4 Å². The van der Waals surface area contributed by atoms with Crippen molar-refractivity contribution in [1.82, 2.24) is 14.8 Å². The van der Waals surface area contributed by atoms with Crippen LogP contribution in [0.25, 0.3) is 0 Å². The summed E-state index contributed by atoms with van der Waals surface area (Å²) in [5.74, 6) is 0.111. The Hall–Kier alpha value is -2.19. The van der Waals surface area contributed by atoms with E-state index in [0.717, 1.165) is 24.5 Å². The second-order valence-corrected chi connectivity index (χ2v) is 6.71. The van der Waals surface area contributed by atoms with Crippen LogP contribution in [0.3, 0.4) is 0 Å². The molecule has 0 unspecified atom stereocenters. The summed E-state index contributed by atoms with van der Waals surface area (Å²) in [7, 11) is 0. The third-order valence-corrected chi connectivity index (χ3v) is 4.66. The van der Waals surface area contributed by atoms with Crippen LogP contribution in [-0.4, -0.2) is 53.5 Å². The maximum atomic E-state index is 12.8. The third kappa shape index (κ3) is 4.42. The zero-order valence-electron chi connectivity index (χ0n) is 13.2. The summed E-state index contributed by atoms with van der Waals surface area (Å²) >= 11 is 1.49. The van der Waals surface area contributed by atoms with Crippen LogP contribution in [0.5, 0.6) is 5.75 Å². The number of rotatable bonds is 5. The van der Waals surface area contributed by atoms with Gasteiger partial charge in [0.05, 0.1) is 0 Å². The lowest BCUT2D eigenvalue weighted by Crippen LogP contribution is -2.49. The number of thiazole rings is 1. The second kappa shape index (κ2) is 7.59. The molecule has 8 heteroatoms. The molecule has 128 valence electrons. The minimum absolute atomic E-state index is 0.0307. The van der Waals surface area contributed by atoms with Crippen molar-refractivity contribution in [2.45, 2.75) is 6.54 Å². The normalized spacial score (nSPS) is 15.5. The number of halogens is 1. The Morgan fingerprint density at radius 1 is 1.25 bits per heavy atom. The minimum atomic E-state index is -0.326. The first-order valence-electron chi connectivity index (χ1n) is 7.69. The van der Waals surface area contributed by atoms with Gasteiger partial charge in [0.1, 0.15) is 11.6 Å². The first-order valence-corrected chi connectivity index (χ1v) is 8.50. The molecule has 1 aromatic heterocycles. The van der Waals surface area contributed by atoms with Gasteiger partial charge in [0.15, 0.2) is 11.7 Å². The largest absolute Gasteiger partial charge is 0.484 e. The third-order valence-electron chi connectivity index (χ3n) is 3.85. The number of benzene rings is 1. The highest BCUT2D eigenvalue weighted by Crippen LogP contribution is 2.17. The fraction of sp³-hybridized carbons (Fsp3) is 0.375. The average molecular weight is 350 g/mol. The number of amides is 1. The molecule has 3 rings (SSSR count). The number of carbonyl (C=O) groups excluding carboxylic acids is 1. The predicted octanol–water partition coefficient (Wildman–Crippen LogP) is 1.59. The summed E-state index contributed by atoms with van der Waals surface area (Å²) in [6.45, 7) is 3.72. The van der Waals surface area contributed by atoms with Crippen molar-refractivity contribution in [2.75, 3.05) is 38.5 Å². The molecule has 0 spiro atoms. The zero-order chi connectivity index (χ0) is 16.9. The van der Waals surface area contributed by atoms with Gasteiger partial charge >= 0.3 is 0 Å². The molecular formula is C16H19FN4O2S. The SMILES string of the molecule is Nc1ncc(CN2CCN(C(=O)COc3ccc(F)cc3)CC2)s1. The number of ether oxygens (including phenoxy) is 1. The summed E-state index contributed by atoms with van der Waals surface area (Å²) in [4.78, 5) is 21.4. The van der Waals surface area contributed by atoms with E-state index in [2.05, 4.69) is 9.88 Å². The Morgan fingerprint density at radius 3 is 2.58 bits per heavy atom. The van der Waals surface area contributed by atoms with E-state index in [0.29, 0.717) is 24.0 Å². The van der Waals surface area contributed by atoms with Gasteiger partial charge in [-0.1, -0.05) is 0 Å². The maximum Gasteiger partial charge on any atom is 0.260 e. The van der Waals surface area contributed by atoms with Gasteiger partial charge in [-0.2, -0.15) is 0 Å². The molecule has 0 radical (unpaired) electrons. The van der Waals surface area contributed by atoms with Crippen LogP contribution in [0, 0.1) is 5.82 Å². The number of hydrogen-bond acceptors (Lipinski definition) is 6. The van der Waals surface area contributed by atoms with Crippen LogP contribution in [0.1, 0.15) is 4.88 Å². The molecule has 2 N–H and O–H groups in total. The fourth-order valence-corrected chi connectivity index (χ4v) is 3.27. The molecule has 0 bridgehead atoms. The van der Waals surface area contributed by atoms with E-state index in [9.17, 15) is 9.18 Å². The van der Waals surface area contributed by atoms with Crippen LogP contribution >= 0.6 is 11.3 Å². The lowest BCUT2D eigenvalue weighted by atomic mass is 10.3. The van der Waals surface area contributed by atoms with Crippen LogP contribution in [0.4, 0.5) is 9.52 Å². The number of carbonyl (C=O) groups is 1. The van der Waals surface area contributed by atoms with Crippen molar-refractivity contribution in [2.24, 2.45) is 0 Å². The average Bonchev–Trinajstić information content (AvgIpc) is 2.99. The van der Waals surface area contributed by atoms with Crippen molar-refractivity contribution < 1.29 is 13.9 Å². The van der Waals surface area contributed by atoms with E-state index in [1.54, 1.807) is 11.1 Å². The molecule has 1 amide bonds. The first-order chi connectivity index (χ1) is 11.6. The second-order valence-electron chi connectivity index (χ2n) is 5.56. The van der Waals surface area contributed by atoms with Crippen molar-refractivity contribution in [3.63, 3.8) is 0 Å². The van der Waals surface area contributed by atoms with Crippen LogP contribution in [-0.2, 0) is 11.3 Å². The van der Waals surface area contributed by atoms with E-state index >= 15 is 0 Å². The standard InChI is InChI=1S/C16H19FN4O2S/c17-12-1-3-13(4-2-12)23-11-15(22)21-7-5-20(6-8-21)10-14-9-19-16(18)24-14/h1-4,9H,5-8,10-11H2,(H2,18,19). The summed E-state index contributed by atoms with van der Waals surface area (Å²) in [6.07, 6.45) is 1.80. The lowest BCUT2D eigenvalue weighted by Gasteiger charge is -2.34. The van der Waals surface area contributed by atoms with Gasteiger partial charge in [0, 0.05) is 43.8 Å². The highest BCUT2D eigenvalue weighted by Gasteiger charge is 2.21. The van der Waals surface area contributed by atoms with E-state index < -0.39 is 0 Å². The molecule has 1 aromatic carbocycles. The van der Waals surface area contributed by atoms with Gasteiger partial charge in [0.2, 0.25) is 0 Å². The smallest absolute Gasteiger partial charge is 0.260 e. The fourth-order valence-electron chi connectivity index (χ4n) is 2.54. The van der Waals surface area contributed by atoms with Crippen LogP contribution in [0.2, 0.25) is 0 Å². The Labute approximate surface area is 143 Å². The molecule has 0 aliphatic carbocycles. The van der Waals surface area contributed by atoms with Crippen LogP contribution < -0.4 is 10.5 Å². The number of nitrogens with two attached hydrogens (primary N) is 1. The topological polar surface area (TPSA) is 71.7 Å². The molecule has 1 fully saturated rings. The summed E-state index contributed by atoms with van der Waals surface area (Å²) in [5, 5.41) is 0.580. The van der Waals surface area contributed by atoms with Gasteiger partial charge in [-0.3, -0.25) is 9.69 Å². The molecule has 1 aliphatic rings. The highest BCUT2D eigenvalue weighted by atomic mass is 32.1. The quantitative estimate of drug-likeness (QED) is 0.887. The molecule has 1 saturated heterocycles. The molecule has 6 nitrogen and oxygen atoms in total. The number of piperazine rings is 1. The van der Waals surface area contributed by atoms with Gasteiger partial charge in [0.25, 0.3) is 5.91 Å². The summed E-state index contributed by atoms with van der Waals surface area (Å²) in [5.41, 5.74) is 5.64. The number of nitrogens with zero attached hydrogens (tertiary/aromatic N) is 3. The number of aromatic nitrogens is 1. The molecule has 2 aromatic rings. The van der Waals surface area contributed by atoms with Crippen molar-refractivity contribution in [1.29, 1.82) is 0 Å². The maximum absolute atomic E-state index is 12.8. The minimum Gasteiger partial charge on any atom is -0.484 e. The highest BCUT2D eigenvalue weighted by molar-refractivity contribution is 7.15. The molecule has 2 heterocycles. The van der Waals surface area contributed by atoms with Gasteiger partial charge < -0.3 is 15.4 Å². The number of nitrogen functional groups attached to an aromatic ring is 1. The Morgan fingerprint density at radius 2 is 1.96 bits per heavy atom. The zero-order valence-corrected chi connectivity index (χ0v) is 14.0. The molecule has 0 atom stereocenters. The predicted molar refractivity (Wildman–Crippen MR) is 90.3 cm³/mol. The molecule has 1 aliphatic heterocycles. The number of anilines is 1. The Balaban J connectivity index is 1.42. The molecule has 24 heavy (non-hydrogen) atoms. The van der Waals surface area contributed by atoms with E-state index in [4.69, 9.17) is 10.5 Å². The van der Waals surface area contributed by atoms with Gasteiger partial charge in [-0.25, -0.2) is 9.37 Å². The van der Waals surface area contributed by atoms with Gasteiger partial charge in [-0.05, 0) is 24.3 Å². The Kier molecular flexibility index (Phi) is 5.27. The van der Waals surface area contributed by atoms with Crippen LogP contribution in [0.15, 0.2) is 30.5 Å². The number of hydrogen-bond donors (Lipinski definition) is 1. The van der Waals surface area contributed by atoms with E-state index in [1.165, 1.54) is 35.6 Å². The molecule has 0 saturated carbocycles. The molecular weight excluding hydrogens is 331 g/mol. The Bertz CT molecular complexity index is 684. The monoisotopic (exact) mass is 350 g/mol. The van der Waals surface area contributed by atoms with E-state index in [-0.39, 0.29) is 18.3 Å². The lowest BCUT2D eigenvalue weighted by molar-refractivity contribution is -0.135. The van der Waals surface area contributed by atoms with Gasteiger partial charge in [-0.15, -0.1) is 11.3 Å². The van der Waals surface area contributed by atoms with E-state index in [1.807, 2.05) is 0 Å². The summed E-state index contributed by atoms with van der Waals surface area (Å²) < 4.78 is 18.2. The van der Waals surface area contributed by atoms with Crippen molar-refractivity contribution in [3.05, 3.63) is 41.2 Å². The summed E-state index contributed by atoms with van der Waals surface area (Å²) in [6, 6.07) is 5.65.